The molecule has 0 bridgehead atoms. The van der Waals surface area contributed by atoms with Gasteiger partial charge in [-0.2, -0.15) is 0 Å². The molecule has 0 unspecified atom stereocenters. The van der Waals surface area contributed by atoms with Crippen molar-refractivity contribution < 1.29 is 24.2 Å². The lowest BCUT2D eigenvalue weighted by Gasteiger charge is -2.13. The zero-order valence-corrected chi connectivity index (χ0v) is 11.0. The smallest absolute Gasteiger partial charge is 0.326 e. The van der Waals surface area contributed by atoms with Crippen LogP contribution in [0.5, 0.6) is 0 Å². The average Bonchev–Trinajstić information content (AvgIpc) is 2.29. The Morgan fingerprint density at radius 2 is 2.11 bits per heavy atom. The molecule has 0 fully saturated rings. The van der Waals surface area contributed by atoms with E-state index in [0.29, 0.717) is 12.4 Å². The molecule has 0 spiro atoms. The number of carbonyl (C=O) groups excluding carboxylic acids is 2. The number of aliphatic carboxylic acids is 1. The summed E-state index contributed by atoms with van der Waals surface area (Å²) in [5.41, 5.74) is 4.92. The van der Waals surface area contributed by atoms with Crippen LogP contribution >= 0.6 is 11.8 Å². The minimum atomic E-state index is -1.17. The van der Waals surface area contributed by atoms with Crippen molar-refractivity contribution in [2.45, 2.75) is 18.9 Å². The highest BCUT2D eigenvalue weighted by Gasteiger charge is 2.20. The standard InChI is InChI=1S/C10H18N2O5S/c1-17-4-5-18-6-9(14)12-7(10(15)16)2-3-8(11)13/h7H,2-6H2,1H3,(H2,11,13)(H,12,14)(H,15,16)/t7-/m0/s1. The summed E-state index contributed by atoms with van der Waals surface area (Å²) < 4.78 is 4.81. The van der Waals surface area contributed by atoms with Crippen LogP contribution in [0.1, 0.15) is 12.8 Å². The number of amides is 2. The molecular weight excluding hydrogens is 260 g/mol. The summed E-state index contributed by atoms with van der Waals surface area (Å²) >= 11 is 1.34. The molecule has 0 heterocycles. The van der Waals surface area contributed by atoms with E-state index in [1.54, 1.807) is 7.11 Å². The average molecular weight is 278 g/mol. The van der Waals surface area contributed by atoms with Gasteiger partial charge in [-0.25, -0.2) is 4.79 Å². The lowest BCUT2D eigenvalue weighted by molar-refractivity contribution is -0.141. The first-order valence-electron chi connectivity index (χ1n) is 5.34. The number of ether oxygens (including phenoxy) is 1. The number of hydrogen-bond donors (Lipinski definition) is 3. The van der Waals surface area contributed by atoms with E-state index in [9.17, 15) is 14.4 Å². The Kier molecular flexibility index (Phi) is 9.03. The predicted molar refractivity (Wildman–Crippen MR) is 67.2 cm³/mol. The second-order valence-corrected chi connectivity index (χ2v) is 4.61. The molecule has 0 rings (SSSR count). The van der Waals surface area contributed by atoms with Crippen LogP contribution in [0.3, 0.4) is 0 Å². The number of thioether (sulfide) groups is 1. The fraction of sp³-hybridized carbons (Fsp3) is 0.700. The van der Waals surface area contributed by atoms with E-state index in [2.05, 4.69) is 5.32 Å². The van der Waals surface area contributed by atoms with E-state index in [0.717, 1.165) is 0 Å². The number of nitrogens with one attached hydrogen (secondary N) is 1. The summed E-state index contributed by atoms with van der Waals surface area (Å²) in [6, 6.07) is -1.08. The van der Waals surface area contributed by atoms with Crippen molar-refractivity contribution in [1.82, 2.24) is 5.32 Å². The van der Waals surface area contributed by atoms with Gasteiger partial charge in [0.25, 0.3) is 0 Å². The summed E-state index contributed by atoms with van der Waals surface area (Å²) in [5.74, 6) is -1.34. The van der Waals surface area contributed by atoms with Crippen molar-refractivity contribution in [3.8, 4) is 0 Å². The number of carboxylic acid groups (broad SMARTS) is 1. The van der Waals surface area contributed by atoms with Gasteiger partial charge in [0.1, 0.15) is 6.04 Å². The van der Waals surface area contributed by atoms with Crippen LogP contribution < -0.4 is 11.1 Å². The highest BCUT2D eigenvalue weighted by atomic mass is 32.2. The number of hydrogen-bond acceptors (Lipinski definition) is 5. The van der Waals surface area contributed by atoms with Crippen LogP contribution in [0.25, 0.3) is 0 Å². The molecule has 0 aliphatic carbocycles. The van der Waals surface area contributed by atoms with Crippen LogP contribution in [0.2, 0.25) is 0 Å². The van der Waals surface area contributed by atoms with E-state index < -0.39 is 17.9 Å². The van der Waals surface area contributed by atoms with Gasteiger partial charge < -0.3 is 20.9 Å². The molecule has 0 saturated heterocycles. The van der Waals surface area contributed by atoms with Gasteiger partial charge in [-0.15, -0.1) is 11.8 Å². The van der Waals surface area contributed by atoms with E-state index in [-0.39, 0.29) is 24.5 Å². The number of primary amides is 1. The van der Waals surface area contributed by atoms with Gasteiger partial charge in [-0.3, -0.25) is 9.59 Å². The lowest BCUT2D eigenvalue weighted by atomic mass is 10.1. The SMILES string of the molecule is COCCSCC(=O)N[C@@H](CCC(N)=O)C(=O)O. The minimum Gasteiger partial charge on any atom is -0.480 e. The van der Waals surface area contributed by atoms with E-state index in [4.69, 9.17) is 15.6 Å². The fourth-order valence-corrected chi connectivity index (χ4v) is 1.78. The van der Waals surface area contributed by atoms with Crippen molar-refractivity contribution in [3.63, 3.8) is 0 Å². The number of nitrogens with two attached hydrogens (primary N) is 1. The van der Waals surface area contributed by atoms with Crippen molar-refractivity contribution >= 4 is 29.5 Å². The summed E-state index contributed by atoms with van der Waals surface area (Å²) in [7, 11) is 1.56. The molecular formula is C10H18N2O5S. The number of carboxylic acids is 1. The van der Waals surface area contributed by atoms with E-state index in [1.165, 1.54) is 11.8 Å². The fourth-order valence-electron chi connectivity index (χ4n) is 1.09. The Bertz CT molecular complexity index is 298. The molecule has 0 aromatic heterocycles. The van der Waals surface area contributed by atoms with Gasteiger partial charge in [0.2, 0.25) is 11.8 Å². The Morgan fingerprint density at radius 1 is 1.44 bits per heavy atom. The highest BCUT2D eigenvalue weighted by molar-refractivity contribution is 7.99. The zero-order valence-electron chi connectivity index (χ0n) is 10.2. The monoisotopic (exact) mass is 278 g/mol. The van der Waals surface area contributed by atoms with Gasteiger partial charge in [0.15, 0.2) is 0 Å². The summed E-state index contributed by atoms with van der Waals surface area (Å²) in [4.78, 5) is 32.8. The molecule has 0 aliphatic heterocycles. The van der Waals surface area contributed by atoms with Crippen LogP contribution in [0, 0.1) is 0 Å². The lowest BCUT2D eigenvalue weighted by Crippen LogP contribution is -2.42. The van der Waals surface area contributed by atoms with Crippen molar-refractivity contribution in [2.24, 2.45) is 5.73 Å². The second kappa shape index (κ2) is 9.72. The number of methoxy groups -OCH3 is 1. The van der Waals surface area contributed by atoms with Crippen molar-refractivity contribution in [2.75, 3.05) is 25.2 Å². The van der Waals surface area contributed by atoms with Crippen LogP contribution in [-0.4, -0.2) is 54.2 Å². The van der Waals surface area contributed by atoms with Crippen LogP contribution in [0.4, 0.5) is 0 Å². The van der Waals surface area contributed by atoms with E-state index >= 15 is 0 Å². The third-order valence-corrected chi connectivity index (χ3v) is 2.90. The van der Waals surface area contributed by atoms with Crippen molar-refractivity contribution in [3.05, 3.63) is 0 Å². The molecule has 0 aromatic rings. The topological polar surface area (TPSA) is 119 Å². The summed E-state index contributed by atoms with van der Waals surface area (Å²) in [6.07, 6.45) is -0.0762. The number of carbonyl (C=O) groups is 3. The normalized spacial score (nSPS) is 11.8. The molecule has 0 aliphatic rings. The summed E-state index contributed by atoms with van der Waals surface area (Å²) in [6.45, 7) is 0.530. The molecule has 104 valence electrons. The molecule has 0 radical (unpaired) electrons. The second-order valence-electron chi connectivity index (χ2n) is 3.51. The first kappa shape index (κ1) is 16.7. The maximum Gasteiger partial charge on any atom is 0.326 e. The Labute approximate surface area is 109 Å². The maximum atomic E-state index is 11.4. The van der Waals surface area contributed by atoms with Gasteiger partial charge in [0.05, 0.1) is 12.4 Å². The van der Waals surface area contributed by atoms with Crippen LogP contribution in [0.15, 0.2) is 0 Å². The molecule has 2 amide bonds. The Balaban J connectivity index is 3.96. The molecule has 0 saturated carbocycles. The number of rotatable bonds is 10. The highest BCUT2D eigenvalue weighted by Crippen LogP contribution is 2.01. The predicted octanol–water partition coefficient (Wildman–Crippen LogP) is -0.799. The zero-order chi connectivity index (χ0) is 14.0. The molecule has 0 aromatic carbocycles. The van der Waals surface area contributed by atoms with Gasteiger partial charge in [0, 0.05) is 19.3 Å². The maximum absolute atomic E-state index is 11.4. The van der Waals surface area contributed by atoms with Crippen molar-refractivity contribution in [1.29, 1.82) is 0 Å². The third kappa shape index (κ3) is 8.82. The van der Waals surface area contributed by atoms with Gasteiger partial charge in [-0.1, -0.05) is 0 Å². The molecule has 18 heavy (non-hydrogen) atoms. The molecule has 8 heteroatoms. The Morgan fingerprint density at radius 3 is 2.61 bits per heavy atom. The first-order valence-corrected chi connectivity index (χ1v) is 6.50. The summed E-state index contributed by atoms with van der Waals surface area (Å²) in [5, 5.41) is 11.2. The first-order chi connectivity index (χ1) is 8.47. The molecule has 1 atom stereocenters. The van der Waals surface area contributed by atoms with E-state index in [1.807, 2.05) is 0 Å². The molecule has 7 nitrogen and oxygen atoms in total. The van der Waals surface area contributed by atoms with Gasteiger partial charge in [-0.05, 0) is 6.42 Å². The Hall–Kier alpha value is -1.28. The largest absolute Gasteiger partial charge is 0.480 e. The third-order valence-electron chi connectivity index (χ3n) is 1.98. The quantitative estimate of drug-likeness (QED) is 0.450. The molecule has 4 N–H and O–H groups in total. The van der Waals surface area contributed by atoms with Crippen LogP contribution in [-0.2, 0) is 19.1 Å². The van der Waals surface area contributed by atoms with Gasteiger partial charge >= 0.3 is 5.97 Å². The minimum absolute atomic E-state index is 0.000849.